The van der Waals surface area contributed by atoms with Gasteiger partial charge < -0.3 is 15.3 Å². The molecule has 3 fully saturated rings. The van der Waals surface area contributed by atoms with Crippen molar-refractivity contribution in [2.75, 3.05) is 13.7 Å². The number of ketones is 1. The highest BCUT2D eigenvalue weighted by Crippen LogP contribution is 2.63. The number of rotatable bonds is 2. The van der Waals surface area contributed by atoms with Crippen molar-refractivity contribution in [2.24, 2.45) is 34.1 Å². The van der Waals surface area contributed by atoms with Gasteiger partial charge in [0.05, 0.1) is 6.10 Å². The van der Waals surface area contributed by atoms with Crippen LogP contribution in [-0.4, -0.2) is 52.2 Å². The van der Waals surface area contributed by atoms with E-state index in [1.165, 1.54) is 5.57 Å². The number of aliphatic imine (C=N–C) groups is 1. The fourth-order valence-corrected chi connectivity index (χ4v) is 6.97. The van der Waals surface area contributed by atoms with E-state index < -0.39 is 24.1 Å². The molecule has 4 aliphatic carbocycles. The van der Waals surface area contributed by atoms with Gasteiger partial charge in [-0.15, -0.1) is 0 Å². The van der Waals surface area contributed by atoms with E-state index in [9.17, 15) is 20.1 Å². The van der Waals surface area contributed by atoms with Crippen molar-refractivity contribution in [1.29, 1.82) is 0 Å². The number of aliphatic hydroxyl groups excluding tert-OH is 2. The fraction of sp³-hybridized carbons (Fsp3) is 0.810. The molecule has 3 saturated carbocycles. The summed E-state index contributed by atoms with van der Waals surface area (Å²) in [5.41, 5.74) is 1.12. The molecule has 144 valence electrons. The minimum Gasteiger partial charge on any atom is -0.393 e. The van der Waals surface area contributed by atoms with Crippen LogP contribution in [0.2, 0.25) is 0 Å². The lowest BCUT2D eigenvalue weighted by Crippen LogP contribution is -2.57. The van der Waals surface area contributed by atoms with Crippen LogP contribution in [0.5, 0.6) is 0 Å². The Morgan fingerprint density at radius 3 is 2.73 bits per heavy atom. The average Bonchev–Trinajstić information content (AvgIpc) is 2.98. The second-order valence-electron chi connectivity index (χ2n) is 9.15. The van der Waals surface area contributed by atoms with Crippen LogP contribution >= 0.6 is 0 Å². The molecule has 5 heteroatoms. The van der Waals surface area contributed by atoms with E-state index in [1.807, 2.05) is 7.05 Å². The Bertz CT molecular complexity index is 671. The molecule has 0 aromatic heterocycles. The van der Waals surface area contributed by atoms with E-state index >= 15 is 0 Å². The normalized spacial score (nSPS) is 49.2. The second-order valence-corrected chi connectivity index (χ2v) is 9.15. The number of fused-ring (bicyclic) bond motifs is 5. The molecule has 3 N–H and O–H groups in total. The first-order valence-electron chi connectivity index (χ1n) is 10.1. The smallest absolute Gasteiger partial charge is 0.189 e. The summed E-state index contributed by atoms with van der Waals surface area (Å²) in [7, 11) is 1.85. The Kier molecular flexibility index (Phi) is 4.41. The molecule has 7 atom stereocenters. The molecule has 1 unspecified atom stereocenters. The predicted molar refractivity (Wildman–Crippen MR) is 98.9 cm³/mol. The first-order valence-corrected chi connectivity index (χ1v) is 10.1. The number of carbonyl (C=O) groups is 1. The SMILES string of the molecule is C/N=C1/C=C2CC[C@@H]3[C@H]([C@@H](O)CC4[C@H]3CC[C@]4(O)C(=O)CO)[C@@]2(C)CC1. The third-order valence-corrected chi connectivity index (χ3v) is 8.28. The second kappa shape index (κ2) is 6.25. The Labute approximate surface area is 155 Å². The maximum Gasteiger partial charge on any atom is 0.189 e. The van der Waals surface area contributed by atoms with Gasteiger partial charge in [-0.05, 0) is 74.2 Å². The van der Waals surface area contributed by atoms with E-state index in [-0.39, 0.29) is 23.2 Å². The van der Waals surface area contributed by atoms with Gasteiger partial charge in [-0.25, -0.2) is 0 Å². The summed E-state index contributed by atoms with van der Waals surface area (Å²) in [4.78, 5) is 16.6. The highest BCUT2D eigenvalue weighted by Gasteiger charge is 2.62. The zero-order valence-corrected chi connectivity index (χ0v) is 15.8. The van der Waals surface area contributed by atoms with Crippen LogP contribution in [0.1, 0.15) is 51.9 Å². The first kappa shape index (κ1) is 18.3. The highest BCUT2D eigenvalue weighted by atomic mass is 16.3. The monoisotopic (exact) mass is 361 g/mol. The largest absolute Gasteiger partial charge is 0.393 e. The van der Waals surface area contributed by atoms with Gasteiger partial charge in [0.25, 0.3) is 0 Å². The zero-order valence-electron chi connectivity index (χ0n) is 15.8. The first-order chi connectivity index (χ1) is 12.3. The molecule has 26 heavy (non-hydrogen) atoms. The van der Waals surface area contributed by atoms with Gasteiger partial charge in [-0.2, -0.15) is 0 Å². The number of Topliss-reactive ketones (excluding diaryl/α,β-unsaturated/α-hetero) is 1. The van der Waals surface area contributed by atoms with Gasteiger partial charge in [0.15, 0.2) is 5.78 Å². The number of hydrogen-bond acceptors (Lipinski definition) is 5. The van der Waals surface area contributed by atoms with Crippen LogP contribution in [0.4, 0.5) is 0 Å². The van der Waals surface area contributed by atoms with Gasteiger partial charge in [-0.3, -0.25) is 9.79 Å². The fourth-order valence-electron chi connectivity index (χ4n) is 6.97. The predicted octanol–water partition coefficient (Wildman–Crippen LogP) is 1.89. The number of hydrogen-bond donors (Lipinski definition) is 3. The third-order valence-electron chi connectivity index (χ3n) is 8.28. The molecule has 0 aliphatic heterocycles. The van der Waals surface area contributed by atoms with Crippen molar-refractivity contribution in [1.82, 2.24) is 0 Å². The lowest BCUT2D eigenvalue weighted by Gasteiger charge is -2.57. The molecule has 0 spiro atoms. The Hall–Kier alpha value is -1.04. The number of carbonyl (C=O) groups excluding carboxylic acids is 1. The standard InChI is InChI=1S/C21H31NO4/c1-20-7-5-13(22-2)9-12(20)3-4-15-14-6-8-21(26,18(25)11-23)16(14)10-17(24)19(15)20/h9,14-17,19,23-24,26H,3-8,10-11H2,1-2H3/b22-13+/t14-,15-,16?,17-,19+,20-,21+/m0/s1. The van der Waals surface area contributed by atoms with Crippen molar-refractivity contribution >= 4 is 11.5 Å². The summed E-state index contributed by atoms with van der Waals surface area (Å²) in [6.45, 7) is 1.68. The van der Waals surface area contributed by atoms with Gasteiger partial charge in [0.1, 0.15) is 12.2 Å². The van der Waals surface area contributed by atoms with Crippen LogP contribution in [0, 0.1) is 29.1 Å². The molecule has 4 aliphatic rings. The Morgan fingerprint density at radius 2 is 2.04 bits per heavy atom. The van der Waals surface area contributed by atoms with Crippen molar-refractivity contribution in [3.63, 3.8) is 0 Å². The third kappa shape index (κ3) is 2.40. The van der Waals surface area contributed by atoms with Crippen LogP contribution in [-0.2, 0) is 4.79 Å². The quantitative estimate of drug-likeness (QED) is 0.701. The Morgan fingerprint density at radius 1 is 1.27 bits per heavy atom. The summed E-state index contributed by atoms with van der Waals surface area (Å²) >= 11 is 0. The average molecular weight is 361 g/mol. The molecule has 0 amide bonds. The molecular formula is C21H31NO4. The van der Waals surface area contributed by atoms with Gasteiger partial charge >= 0.3 is 0 Å². The van der Waals surface area contributed by atoms with E-state index in [1.54, 1.807) is 0 Å². The van der Waals surface area contributed by atoms with Crippen molar-refractivity contribution in [3.05, 3.63) is 11.6 Å². The molecule has 0 radical (unpaired) electrons. The number of nitrogens with zero attached hydrogens (tertiary/aromatic N) is 1. The highest BCUT2D eigenvalue weighted by molar-refractivity contribution is 5.96. The minimum absolute atomic E-state index is 0.0107. The lowest BCUT2D eigenvalue weighted by atomic mass is 9.48. The van der Waals surface area contributed by atoms with Crippen molar-refractivity contribution in [3.8, 4) is 0 Å². The molecule has 0 saturated heterocycles. The van der Waals surface area contributed by atoms with Crippen molar-refractivity contribution in [2.45, 2.75) is 63.6 Å². The molecule has 5 nitrogen and oxygen atoms in total. The van der Waals surface area contributed by atoms with Crippen LogP contribution in [0.25, 0.3) is 0 Å². The minimum atomic E-state index is -1.45. The van der Waals surface area contributed by atoms with E-state index in [0.29, 0.717) is 18.8 Å². The topological polar surface area (TPSA) is 90.1 Å². The summed E-state index contributed by atoms with van der Waals surface area (Å²) in [6, 6.07) is 0. The van der Waals surface area contributed by atoms with Gasteiger partial charge in [0.2, 0.25) is 0 Å². The molecule has 0 aromatic rings. The van der Waals surface area contributed by atoms with E-state index in [0.717, 1.165) is 37.8 Å². The van der Waals surface area contributed by atoms with Crippen LogP contribution in [0.3, 0.4) is 0 Å². The number of allylic oxidation sites excluding steroid dienone is 2. The van der Waals surface area contributed by atoms with Crippen LogP contribution < -0.4 is 0 Å². The van der Waals surface area contributed by atoms with E-state index in [2.05, 4.69) is 18.0 Å². The van der Waals surface area contributed by atoms with Crippen LogP contribution in [0.15, 0.2) is 16.6 Å². The molecule has 0 bridgehead atoms. The van der Waals surface area contributed by atoms with Gasteiger partial charge in [0, 0.05) is 18.7 Å². The molecule has 0 aromatic carbocycles. The lowest BCUT2D eigenvalue weighted by molar-refractivity contribution is -0.156. The maximum atomic E-state index is 12.2. The number of aliphatic hydroxyl groups is 3. The maximum absolute atomic E-state index is 12.2. The Balaban J connectivity index is 1.67. The summed E-state index contributed by atoms with van der Waals surface area (Å²) in [5.74, 6) is 0.104. The van der Waals surface area contributed by atoms with E-state index in [4.69, 9.17) is 0 Å². The molecular weight excluding hydrogens is 330 g/mol. The summed E-state index contributed by atoms with van der Waals surface area (Å²) < 4.78 is 0. The molecule has 0 heterocycles. The van der Waals surface area contributed by atoms with Crippen molar-refractivity contribution < 1.29 is 20.1 Å². The summed E-state index contributed by atoms with van der Waals surface area (Å²) in [5, 5.41) is 31.4. The van der Waals surface area contributed by atoms with Gasteiger partial charge in [-0.1, -0.05) is 12.5 Å². The molecule has 4 rings (SSSR count). The zero-order chi connectivity index (χ0) is 18.7. The summed E-state index contributed by atoms with van der Waals surface area (Å²) in [6.07, 6.45) is 7.43.